The van der Waals surface area contributed by atoms with Gasteiger partial charge in [0.05, 0.1) is 45.3 Å². The molecule has 0 saturated heterocycles. The lowest BCUT2D eigenvalue weighted by Crippen LogP contribution is -2.39. The largest absolute Gasteiger partial charge is 0.494 e. The van der Waals surface area contributed by atoms with Gasteiger partial charge in [-0.3, -0.25) is 9.36 Å². The predicted octanol–water partition coefficient (Wildman–Crippen LogP) is 5.55. The number of hydrogen-bond acceptors (Lipinski definition) is 10. The van der Waals surface area contributed by atoms with Crippen LogP contribution in [0.3, 0.4) is 0 Å². The van der Waals surface area contributed by atoms with Gasteiger partial charge in [0.1, 0.15) is 11.5 Å². The Morgan fingerprint density at radius 1 is 1.10 bits per heavy atom. The topological polar surface area (TPSA) is 95.9 Å². The number of esters is 1. The maximum Gasteiger partial charge on any atom is 0.338 e. The van der Waals surface area contributed by atoms with Crippen molar-refractivity contribution in [3.63, 3.8) is 0 Å². The molecule has 0 bridgehead atoms. The molecular weight excluding hydrogens is 579 g/mol. The van der Waals surface area contributed by atoms with Crippen LogP contribution in [0.25, 0.3) is 16.3 Å². The lowest BCUT2D eigenvalue weighted by Gasteiger charge is -2.24. The zero-order valence-electron chi connectivity index (χ0n) is 22.5. The van der Waals surface area contributed by atoms with Crippen molar-refractivity contribution in [2.24, 2.45) is 4.99 Å². The standard InChI is InChI=1S/C30H25N3O5S3/c1-4-36-19-11-13-21-22(15-19)40-30(32-21)41-24-14-12-20(38-24)16-23-27(34)33-26(18-9-7-6-8-10-18)25(28(35)37-5-2)17(3)31-29(33)39-23/h6-16,26H,4-5H2,1-3H3/b23-16-/t26-/m1/s1. The van der Waals surface area contributed by atoms with E-state index in [1.54, 1.807) is 35.8 Å². The normalized spacial score (nSPS) is 15.2. The fourth-order valence-electron chi connectivity index (χ4n) is 4.61. The molecule has 6 rings (SSSR count). The maximum atomic E-state index is 13.7. The summed E-state index contributed by atoms with van der Waals surface area (Å²) >= 11 is 4.25. The van der Waals surface area contributed by atoms with Gasteiger partial charge in [-0.25, -0.2) is 14.8 Å². The number of benzene rings is 2. The minimum absolute atomic E-state index is 0.228. The van der Waals surface area contributed by atoms with E-state index in [-0.39, 0.29) is 12.2 Å². The molecule has 0 unspecified atom stereocenters. The molecule has 8 nitrogen and oxygen atoms in total. The zero-order chi connectivity index (χ0) is 28.5. The van der Waals surface area contributed by atoms with Gasteiger partial charge in [0.2, 0.25) is 0 Å². The van der Waals surface area contributed by atoms with Crippen LogP contribution in [-0.4, -0.2) is 28.7 Å². The number of rotatable bonds is 8. The smallest absolute Gasteiger partial charge is 0.338 e. The quantitative estimate of drug-likeness (QED) is 0.215. The summed E-state index contributed by atoms with van der Waals surface area (Å²) in [6.07, 6.45) is 1.71. The molecule has 0 radical (unpaired) electrons. The number of carbonyl (C=O) groups excluding carboxylic acids is 1. The van der Waals surface area contributed by atoms with Crippen LogP contribution in [-0.2, 0) is 9.53 Å². The van der Waals surface area contributed by atoms with Gasteiger partial charge in [-0.15, -0.1) is 11.3 Å². The van der Waals surface area contributed by atoms with Crippen LogP contribution in [0.2, 0.25) is 0 Å². The van der Waals surface area contributed by atoms with Gasteiger partial charge in [-0.05, 0) is 68.4 Å². The highest BCUT2D eigenvalue weighted by Crippen LogP contribution is 2.36. The van der Waals surface area contributed by atoms with E-state index >= 15 is 0 Å². The Balaban J connectivity index is 1.34. The molecule has 0 N–H and O–H groups in total. The Labute approximate surface area is 247 Å². The number of furan rings is 1. The Morgan fingerprint density at radius 2 is 1.93 bits per heavy atom. The third-order valence-electron chi connectivity index (χ3n) is 6.35. The first kappa shape index (κ1) is 27.3. The third-order valence-corrected chi connectivity index (χ3v) is 9.33. The van der Waals surface area contributed by atoms with E-state index < -0.39 is 12.0 Å². The molecule has 4 heterocycles. The molecule has 5 aromatic rings. The first-order valence-corrected chi connectivity index (χ1v) is 15.5. The van der Waals surface area contributed by atoms with Gasteiger partial charge < -0.3 is 13.9 Å². The molecular formula is C30H25N3O5S3. The summed E-state index contributed by atoms with van der Waals surface area (Å²) in [5, 5.41) is 0.663. The highest BCUT2D eigenvalue weighted by molar-refractivity contribution is 8.01. The van der Waals surface area contributed by atoms with Crippen LogP contribution in [0.5, 0.6) is 5.75 Å². The molecule has 1 aliphatic rings. The van der Waals surface area contributed by atoms with Crippen LogP contribution in [0.1, 0.15) is 38.1 Å². The lowest BCUT2D eigenvalue weighted by atomic mass is 9.96. The van der Waals surface area contributed by atoms with E-state index in [4.69, 9.17) is 13.9 Å². The van der Waals surface area contributed by atoms with Crippen molar-refractivity contribution in [1.29, 1.82) is 0 Å². The van der Waals surface area contributed by atoms with Gasteiger partial charge in [-0.2, -0.15) is 0 Å². The van der Waals surface area contributed by atoms with Crippen molar-refractivity contribution in [1.82, 2.24) is 9.55 Å². The minimum atomic E-state index is -0.640. The fraction of sp³-hybridized carbons (Fsp3) is 0.200. The molecule has 0 spiro atoms. The summed E-state index contributed by atoms with van der Waals surface area (Å²) in [6.45, 7) is 6.32. The molecule has 0 amide bonds. The van der Waals surface area contributed by atoms with Crippen molar-refractivity contribution in [3.8, 4) is 5.75 Å². The number of allylic oxidation sites excluding steroid dienone is 1. The first-order valence-electron chi connectivity index (χ1n) is 13.0. The van der Waals surface area contributed by atoms with Crippen molar-refractivity contribution in [2.75, 3.05) is 13.2 Å². The van der Waals surface area contributed by atoms with Crippen LogP contribution in [0.15, 0.2) is 95.6 Å². The number of ether oxygens (including phenoxy) is 2. The summed E-state index contributed by atoms with van der Waals surface area (Å²) in [5.41, 5.74) is 2.35. The van der Waals surface area contributed by atoms with Crippen LogP contribution < -0.4 is 19.6 Å². The predicted molar refractivity (Wildman–Crippen MR) is 160 cm³/mol. The van der Waals surface area contributed by atoms with E-state index in [1.807, 2.05) is 67.6 Å². The van der Waals surface area contributed by atoms with Gasteiger partial charge in [0.15, 0.2) is 14.2 Å². The Bertz CT molecular complexity index is 1970. The number of fused-ring (bicyclic) bond motifs is 2. The van der Waals surface area contributed by atoms with E-state index in [9.17, 15) is 9.59 Å². The maximum absolute atomic E-state index is 13.7. The fourth-order valence-corrected chi connectivity index (χ4v) is 7.63. The van der Waals surface area contributed by atoms with Crippen molar-refractivity contribution < 1.29 is 18.7 Å². The highest BCUT2D eigenvalue weighted by Gasteiger charge is 2.33. The monoisotopic (exact) mass is 603 g/mol. The number of carbonyl (C=O) groups is 1. The molecule has 208 valence electrons. The Morgan fingerprint density at radius 3 is 2.71 bits per heavy atom. The van der Waals surface area contributed by atoms with E-state index in [0.717, 1.165) is 25.9 Å². The molecule has 0 fully saturated rings. The van der Waals surface area contributed by atoms with E-state index in [2.05, 4.69) is 9.98 Å². The van der Waals surface area contributed by atoms with Gasteiger partial charge >= 0.3 is 5.97 Å². The van der Waals surface area contributed by atoms with Crippen LogP contribution in [0.4, 0.5) is 0 Å². The number of thiazole rings is 2. The Hall–Kier alpha value is -3.93. The highest BCUT2D eigenvalue weighted by atomic mass is 32.2. The van der Waals surface area contributed by atoms with Gasteiger partial charge in [-0.1, -0.05) is 41.7 Å². The molecule has 41 heavy (non-hydrogen) atoms. The molecule has 1 atom stereocenters. The van der Waals surface area contributed by atoms with Crippen LogP contribution in [0, 0.1) is 0 Å². The minimum Gasteiger partial charge on any atom is -0.494 e. The second-order valence-corrected chi connectivity index (χ2v) is 12.3. The molecule has 1 aliphatic heterocycles. The molecule has 0 aliphatic carbocycles. The first-order chi connectivity index (χ1) is 19.9. The third kappa shape index (κ3) is 5.40. The number of hydrogen-bond donors (Lipinski definition) is 0. The summed E-state index contributed by atoms with van der Waals surface area (Å²) < 4.78 is 20.9. The van der Waals surface area contributed by atoms with Gasteiger partial charge in [0.25, 0.3) is 5.56 Å². The molecule has 0 saturated carbocycles. The second-order valence-electron chi connectivity index (χ2n) is 9.01. The lowest BCUT2D eigenvalue weighted by molar-refractivity contribution is -0.139. The number of aromatic nitrogens is 2. The average Bonchev–Trinajstić information content (AvgIpc) is 3.66. The number of nitrogens with zero attached hydrogens (tertiary/aromatic N) is 3. The molecule has 11 heteroatoms. The summed E-state index contributed by atoms with van der Waals surface area (Å²) in [4.78, 5) is 36.6. The molecule has 3 aromatic heterocycles. The zero-order valence-corrected chi connectivity index (χ0v) is 24.9. The van der Waals surface area contributed by atoms with Crippen molar-refractivity contribution in [3.05, 3.63) is 103 Å². The van der Waals surface area contributed by atoms with Crippen molar-refractivity contribution in [2.45, 2.75) is 36.2 Å². The van der Waals surface area contributed by atoms with E-state index in [0.29, 0.717) is 38.1 Å². The van der Waals surface area contributed by atoms with E-state index in [1.165, 1.54) is 23.1 Å². The SMILES string of the molecule is CCOC(=O)C1=C(C)N=c2s/c(=C\c3ccc(Sc4nc5ccc(OCC)cc5s4)o3)c(=O)n2[C@@H]1c1ccccc1. The summed E-state index contributed by atoms with van der Waals surface area (Å²) in [7, 11) is 0. The van der Waals surface area contributed by atoms with Gasteiger partial charge in [0, 0.05) is 6.08 Å². The van der Waals surface area contributed by atoms with Crippen molar-refractivity contribution >= 4 is 56.7 Å². The van der Waals surface area contributed by atoms with Crippen LogP contribution >= 0.6 is 34.4 Å². The average molecular weight is 604 g/mol. The molecule has 2 aromatic carbocycles. The second kappa shape index (κ2) is 11.5. The summed E-state index contributed by atoms with van der Waals surface area (Å²) in [6, 6.07) is 18.4. The Kier molecular flexibility index (Phi) is 7.65. The summed E-state index contributed by atoms with van der Waals surface area (Å²) in [5.74, 6) is 0.879.